The second-order valence-electron chi connectivity index (χ2n) is 4.59. The molecule has 24 heavy (non-hydrogen) atoms. The first-order valence-corrected chi connectivity index (χ1v) is 7.71. The van der Waals surface area contributed by atoms with Crippen LogP contribution in [0.25, 0.3) is 0 Å². The van der Waals surface area contributed by atoms with E-state index in [1.807, 2.05) is 6.07 Å². The maximum Gasteiger partial charge on any atom is 0.414 e. The summed E-state index contributed by atoms with van der Waals surface area (Å²) in [5.41, 5.74) is 0.976. The molecule has 1 rings (SSSR count). The molecule has 0 saturated heterocycles. The van der Waals surface area contributed by atoms with E-state index < -0.39 is 12.1 Å². The summed E-state index contributed by atoms with van der Waals surface area (Å²) in [6.07, 6.45) is 0.729. The molecule has 0 saturated carbocycles. The second kappa shape index (κ2) is 9.81. The third-order valence-electron chi connectivity index (χ3n) is 2.86. The number of rotatable bonds is 6. The standard InChI is InChI=1S/C16H16Cl2N2O4/c1-3-24-16(22)20(10-15(21)23-2)9-12(8-19)6-11-4-5-13(17)14(18)7-11/h4-5,7,9H,3,6,10H2,1-2H3/b12-9+. The Morgan fingerprint density at radius 1 is 1.33 bits per heavy atom. The number of ether oxygens (including phenoxy) is 2. The minimum Gasteiger partial charge on any atom is -0.468 e. The molecule has 8 heteroatoms. The van der Waals surface area contributed by atoms with Gasteiger partial charge in [-0.15, -0.1) is 0 Å². The predicted octanol–water partition coefficient (Wildman–Crippen LogP) is 3.57. The number of amides is 1. The Morgan fingerprint density at radius 2 is 2.04 bits per heavy atom. The molecule has 0 atom stereocenters. The van der Waals surface area contributed by atoms with Crippen molar-refractivity contribution in [3.63, 3.8) is 0 Å². The molecule has 0 aliphatic rings. The largest absolute Gasteiger partial charge is 0.468 e. The topological polar surface area (TPSA) is 79.6 Å². The van der Waals surface area contributed by atoms with Crippen LogP contribution in [0.3, 0.4) is 0 Å². The number of hydrogen-bond acceptors (Lipinski definition) is 5. The van der Waals surface area contributed by atoms with Crippen LogP contribution in [0.5, 0.6) is 0 Å². The molecule has 0 aromatic heterocycles. The first kappa shape index (κ1) is 19.8. The van der Waals surface area contributed by atoms with E-state index in [4.69, 9.17) is 27.9 Å². The lowest BCUT2D eigenvalue weighted by Crippen LogP contribution is -2.32. The van der Waals surface area contributed by atoms with Gasteiger partial charge >= 0.3 is 12.1 Å². The first-order chi connectivity index (χ1) is 11.4. The molecular weight excluding hydrogens is 355 g/mol. The number of methoxy groups -OCH3 is 1. The van der Waals surface area contributed by atoms with Crippen LogP contribution in [0.15, 0.2) is 30.0 Å². The Morgan fingerprint density at radius 3 is 2.58 bits per heavy atom. The van der Waals surface area contributed by atoms with Crippen molar-refractivity contribution in [1.82, 2.24) is 4.90 Å². The van der Waals surface area contributed by atoms with Crippen molar-refractivity contribution in [3.05, 3.63) is 45.6 Å². The zero-order chi connectivity index (χ0) is 18.1. The lowest BCUT2D eigenvalue weighted by molar-refractivity contribution is -0.141. The van der Waals surface area contributed by atoms with Gasteiger partial charge in [-0.2, -0.15) is 5.26 Å². The average Bonchev–Trinajstić information content (AvgIpc) is 2.56. The van der Waals surface area contributed by atoms with E-state index >= 15 is 0 Å². The molecule has 0 bridgehead atoms. The number of nitrogens with zero attached hydrogens (tertiary/aromatic N) is 2. The van der Waals surface area contributed by atoms with Crippen molar-refractivity contribution < 1.29 is 19.1 Å². The molecule has 0 heterocycles. The summed E-state index contributed by atoms with van der Waals surface area (Å²) in [7, 11) is 1.20. The van der Waals surface area contributed by atoms with Gasteiger partial charge in [0.25, 0.3) is 0 Å². The normalized spacial score (nSPS) is 10.7. The van der Waals surface area contributed by atoms with Gasteiger partial charge in [-0.1, -0.05) is 29.3 Å². The summed E-state index contributed by atoms with van der Waals surface area (Å²) in [5, 5.41) is 10.1. The summed E-state index contributed by atoms with van der Waals surface area (Å²) in [6.45, 7) is 1.42. The molecule has 0 spiro atoms. The Kier molecular flexibility index (Phi) is 8.10. The molecule has 1 aromatic rings. The predicted molar refractivity (Wildman–Crippen MR) is 89.6 cm³/mol. The van der Waals surface area contributed by atoms with Crippen molar-refractivity contribution >= 4 is 35.3 Å². The monoisotopic (exact) mass is 370 g/mol. The molecule has 0 unspecified atom stereocenters. The van der Waals surface area contributed by atoms with Crippen LogP contribution >= 0.6 is 23.2 Å². The average molecular weight is 371 g/mol. The summed E-state index contributed by atoms with van der Waals surface area (Å²) < 4.78 is 9.41. The molecule has 1 amide bonds. The number of carbonyl (C=O) groups excluding carboxylic acids is 2. The number of benzene rings is 1. The summed E-state index contributed by atoms with van der Waals surface area (Å²) in [6, 6.07) is 6.95. The number of nitriles is 1. The smallest absolute Gasteiger partial charge is 0.414 e. The minimum atomic E-state index is -0.746. The van der Waals surface area contributed by atoms with Gasteiger partial charge < -0.3 is 9.47 Å². The van der Waals surface area contributed by atoms with Crippen molar-refractivity contribution in [2.45, 2.75) is 13.3 Å². The molecule has 6 nitrogen and oxygen atoms in total. The van der Waals surface area contributed by atoms with Gasteiger partial charge in [-0.05, 0) is 24.6 Å². The Bertz CT molecular complexity index is 683. The highest BCUT2D eigenvalue weighted by Crippen LogP contribution is 2.23. The van der Waals surface area contributed by atoms with Crippen LogP contribution in [-0.4, -0.2) is 37.2 Å². The number of carbonyl (C=O) groups is 2. The summed E-state index contributed by atoms with van der Waals surface area (Å²) in [4.78, 5) is 24.3. The third-order valence-corrected chi connectivity index (χ3v) is 3.60. The van der Waals surface area contributed by atoms with E-state index in [1.165, 1.54) is 13.3 Å². The minimum absolute atomic E-state index is 0.138. The fourth-order valence-corrected chi connectivity index (χ4v) is 2.07. The van der Waals surface area contributed by atoms with Crippen LogP contribution in [0.1, 0.15) is 12.5 Å². The molecule has 0 fully saturated rings. The van der Waals surface area contributed by atoms with Crippen molar-refractivity contribution in [2.24, 2.45) is 0 Å². The third kappa shape index (κ3) is 6.11. The van der Waals surface area contributed by atoms with Gasteiger partial charge in [-0.3, -0.25) is 9.69 Å². The van der Waals surface area contributed by atoms with Gasteiger partial charge in [0, 0.05) is 12.6 Å². The number of halogens is 2. The lowest BCUT2D eigenvalue weighted by atomic mass is 10.1. The summed E-state index contributed by atoms with van der Waals surface area (Å²) in [5.74, 6) is -0.633. The molecule has 128 valence electrons. The number of hydrogen-bond donors (Lipinski definition) is 0. The summed E-state index contributed by atoms with van der Waals surface area (Å²) >= 11 is 11.8. The van der Waals surface area contributed by atoms with Crippen LogP contribution < -0.4 is 0 Å². The molecule has 0 radical (unpaired) electrons. The van der Waals surface area contributed by atoms with Crippen LogP contribution in [0, 0.1) is 11.3 Å². The zero-order valence-corrected chi connectivity index (χ0v) is 14.7. The molecular formula is C16H16Cl2N2O4. The van der Waals surface area contributed by atoms with Crippen molar-refractivity contribution in [2.75, 3.05) is 20.3 Å². The molecule has 0 aliphatic heterocycles. The maximum atomic E-state index is 11.9. The molecule has 1 aromatic carbocycles. The van der Waals surface area contributed by atoms with E-state index in [2.05, 4.69) is 4.74 Å². The highest BCUT2D eigenvalue weighted by atomic mass is 35.5. The van der Waals surface area contributed by atoms with Gasteiger partial charge in [0.2, 0.25) is 0 Å². The highest BCUT2D eigenvalue weighted by Gasteiger charge is 2.18. The van der Waals surface area contributed by atoms with E-state index in [0.29, 0.717) is 10.0 Å². The fraction of sp³-hybridized carbons (Fsp3) is 0.312. The van der Waals surface area contributed by atoms with Crippen LogP contribution in [-0.2, 0) is 20.7 Å². The van der Waals surface area contributed by atoms with Crippen LogP contribution in [0.4, 0.5) is 4.79 Å². The Labute approximate surface area is 150 Å². The van der Waals surface area contributed by atoms with Gasteiger partial charge in [0.05, 0.1) is 35.4 Å². The van der Waals surface area contributed by atoms with E-state index in [-0.39, 0.29) is 25.1 Å². The SMILES string of the molecule is CCOC(=O)N(/C=C(/C#N)Cc1ccc(Cl)c(Cl)c1)CC(=O)OC. The molecule has 0 N–H and O–H groups in total. The number of allylic oxidation sites excluding steroid dienone is 1. The van der Waals surface area contributed by atoms with Gasteiger partial charge in [-0.25, -0.2) is 4.79 Å². The van der Waals surface area contributed by atoms with E-state index in [0.717, 1.165) is 10.5 Å². The van der Waals surface area contributed by atoms with E-state index in [9.17, 15) is 14.9 Å². The first-order valence-electron chi connectivity index (χ1n) is 6.96. The quantitative estimate of drug-likeness (QED) is 0.564. The molecule has 0 aliphatic carbocycles. The van der Waals surface area contributed by atoms with Gasteiger partial charge in [0.1, 0.15) is 6.54 Å². The van der Waals surface area contributed by atoms with Crippen molar-refractivity contribution in [3.8, 4) is 6.07 Å². The fourth-order valence-electron chi connectivity index (χ4n) is 1.74. The van der Waals surface area contributed by atoms with E-state index in [1.54, 1.807) is 25.1 Å². The highest BCUT2D eigenvalue weighted by molar-refractivity contribution is 6.42. The Balaban J connectivity index is 3.01. The van der Waals surface area contributed by atoms with Gasteiger partial charge in [0.15, 0.2) is 0 Å². The maximum absolute atomic E-state index is 11.9. The van der Waals surface area contributed by atoms with Crippen LogP contribution in [0.2, 0.25) is 10.0 Å². The lowest BCUT2D eigenvalue weighted by Gasteiger charge is -2.17. The zero-order valence-electron chi connectivity index (χ0n) is 13.2. The Hall–Kier alpha value is -2.23. The number of esters is 1. The second-order valence-corrected chi connectivity index (χ2v) is 5.41. The van der Waals surface area contributed by atoms with Crippen molar-refractivity contribution in [1.29, 1.82) is 5.26 Å².